The van der Waals surface area contributed by atoms with Crippen molar-refractivity contribution >= 4 is 23.4 Å². The molecule has 154 valence electrons. The maximum absolute atomic E-state index is 12.5. The van der Waals surface area contributed by atoms with Gasteiger partial charge < -0.3 is 10.2 Å². The van der Waals surface area contributed by atoms with Crippen molar-refractivity contribution in [3.8, 4) is 0 Å². The summed E-state index contributed by atoms with van der Waals surface area (Å²) in [6.07, 6.45) is 3.90. The molecule has 30 heavy (non-hydrogen) atoms. The van der Waals surface area contributed by atoms with Gasteiger partial charge in [-0.2, -0.15) is 0 Å². The number of nitrogens with one attached hydrogen (secondary N) is 1. The van der Waals surface area contributed by atoms with E-state index in [4.69, 9.17) is 0 Å². The first kappa shape index (κ1) is 20.5. The van der Waals surface area contributed by atoms with Crippen molar-refractivity contribution in [3.63, 3.8) is 0 Å². The Hall–Kier alpha value is -2.72. The predicted molar refractivity (Wildman–Crippen MR) is 126 cm³/mol. The molecule has 3 aromatic carbocycles. The van der Waals surface area contributed by atoms with Crippen LogP contribution in [-0.4, -0.2) is 19.0 Å². The zero-order valence-corrected chi connectivity index (χ0v) is 18.0. The number of carbonyl (C=O) groups is 1. The van der Waals surface area contributed by atoms with Crippen molar-refractivity contribution in [2.24, 2.45) is 0 Å². The standard InChI is InChI=1S/C26H28N2OS/c29-26(23-13-9-22(10-14-23)20-30-25-7-3-1-4-8-25)27-19-21-11-15-24(16-12-21)28-17-5-2-6-18-28/h1,3-4,7-16H,2,5-6,17-20H2,(H,27,29). The Balaban J connectivity index is 1.26. The third-order valence-electron chi connectivity index (χ3n) is 5.48. The second-order valence-electron chi connectivity index (χ2n) is 7.70. The van der Waals surface area contributed by atoms with E-state index >= 15 is 0 Å². The van der Waals surface area contributed by atoms with Crippen LogP contribution in [-0.2, 0) is 12.3 Å². The van der Waals surface area contributed by atoms with Gasteiger partial charge in [0.2, 0.25) is 0 Å². The smallest absolute Gasteiger partial charge is 0.251 e. The van der Waals surface area contributed by atoms with Gasteiger partial charge in [0.05, 0.1) is 0 Å². The van der Waals surface area contributed by atoms with E-state index in [0.717, 1.165) is 24.4 Å². The summed E-state index contributed by atoms with van der Waals surface area (Å²) in [7, 11) is 0. The average Bonchev–Trinajstić information content (AvgIpc) is 2.83. The van der Waals surface area contributed by atoms with E-state index < -0.39 is 0 Å². The van der Waals surface area contributed by atoms with Crippen molar-refractivity contribution < 1.29 is 4.79 Å². The van der Waals surface area contributed by atoms with Crippen molar-refractivity contribution in [1.82, 2.24) is 5.32 Å². The Morgan fingerprint density at radius 2 is 1.47 bits per heavy atom. The van der Waals surface area contributed by atoms with Crippen LogP contribution in [0.15, 0.2) is 83.8 Å². The number of piperidine rings is 1. The predicted octanol–water partition coefficient (Wildman–Crippen LogP) is 5.90. The highest BCUT2D eigenvalue weighted by Gasteiger charge is 2.11. The molecule has 1 N–H and O–H groups in total. The number of rotatable bonds is 7. The molecule has 0 aliphatic carbocycles. The van der Waals surface area contributed by atoms with E-state index in [1.165, 1.54) is 35.4 Å². The van der Waals surface area contributed by atoms with Gasteiger partial charge in [0, 0.05) is 41.5 Å². The number of nitrogens with zero attached hydrogens (tertiary/aromatic N) is 1. The lowest BCUT2D eigenvalue weighted by molar-refractivity contribution is 0.0951. The molecule has 0 spiro atoms. The van der Waals surface area contributed by atoms with Crippen LogP contribution in [0, 0.1) is 0 Å². The second-order valence-corrected chi connectivity index (χ2v) is 8.74. The summed E-state index contributed by atoms with van der Waals surface area (Å²) in [5.74, 6) is 0.868. The number of amides is 1. The molecule has 0 bridgehead atoms. The molecule has 0 radical (unpaired) electrons. The number of anilines is 1. The first-order chi connectivity index (χ1) is 14.8. The molecule has 0 saturated carbocycles. The summed E-state index contributed by atoms with van der Waals surface area (Å²) in [6, 6.07) is 26.9. The van der Waals surface area contributed by atoms with Gasteiger partial charge in [-0.05, 0) is 66.8 Å². The van der Waals surface area contributed by atoms with Gasteiger partial charge in [-0.25, -0.2) is 0 Å². The highest BCUT2D eigenvalue weighted by Crippen LogP contribution is 2.23. The van der Waals surface area contributed by atoms with Gasteiger partial charge in [-0.15, -0.1) is 11.8 Å². The van der Waals surface area contributed by atoms with Crippen LogP contribution in [0.2, 0.25) is 0 Å². The lowest BCUT2D eigenvalue weighted by atomic mass is 10.1. The van der Waals surface area contributed by atoms with Crippen LogP contribution in [0.25, 0.3) is 0 Å². The average molecular weight is 417 g/mol. The molecule has 4 heteroatoms. The van der Waals surface area contributed by atoms with E-state index in [-0.39, 0.29) is 5.91 Å². The Labute approximate surface area is 183 Å². The fourth-order valence-corrected chi connectivity index (χ4v) is 4.57. The van der Waals surface area contributed by atoms with Crippen molar-refractivity contribution in [3.05, 3.63) is 95.6 Å². The van der Waals surface area contributed by atoms with Crippen molar-refractivity contribution in [2.75, 3.05) is 18.0 Å². The molecule has 3 nitrogen and oxygen atoms in total. The first-order valence-electron chi connectivity index (χ1n) is 10.7. The fourth-order valence-electron chi connectivity index (χ4n) is 3.70. The summed E-state index contributed by atoms with van der Waals surface area (Å²) in [5.41, 5.74) is 4.33. The Morgan fingerprint density at radius 3 is 2.17 bits per heavy atom. The van der Waals surface area contributed by atoms with E-state index in [1.807, 2.05) is 30.3 Å². The van der Waals surface area contributed by atoms with Crippen LogP contribution < -0.4 is 10.2 Å². The van der Waals surface area contributed by atoms with Gasteiger partial charge in [-0.3, -0.25) is 4.79 Å². The minimum Gasteiger partial charge on any atom is -0.372 e. The fraction of sp³-hybridized carbons (Fsp3) is 0.269. The molecular weight excluding hydrogens is 388 g/mol. The van der Waals surface area contributed by atoms with Gasteiger partial charge >= 0.3 is 0 Å². The highest BCUT2D eigenvalue weighted by molar-refractivity contribution is 7.98. The van der Waals surface area contributed by atoms with E-state index in [9.17, 15) is 4.79 Å². The van der Waals surface area contributed by atoms with Gasteiger partial charge in [0.15, 0.2) is 0 Å². The molecule has 1 amide bonds. The molecule has 1 aliphatic rings. The van der Waals surface area contributed by atoms with Crippen LogP contribution >= 0.6 is 11.8 Å². The number of hydrogen-bond acceptors (Lipinski definition) is 3. The van der Waals surface area contributed by atoms with Gasteiger partial charge in [-0.1, -0.05) is 42.5 Å². The Bertz CT molecular complexity index is 933. The zero-order valence-electron chi connectivity index (χ0n) is 17.2. The molecule has 0 aromatic heterocycles. The largest absolute Gasteiger partial charge is 0.372 e. The van der Waals surface area contributed by atoms with Crippen LogP contribution in [0.5, 0.6) is 0 Å². The molecule has 3 aromatic rings. The summed E-state index contributed by atoms with van der Waals surface area (Å²) in [5, 5.41) is 3.03. The molecule has 0 unspecified atom stereocenters. The zero-order chi connectivity index (χ0) is 20.6. The molecule has 1 saturated heterocycles. The quantitative estimate of drug-likeness (QED) is 0.487. The number of hydrogen-bond donors (Lipinski definition) is 1. The second kappa shape index (κ2) is 10.4. The van der Waals surface area contributed by atoms with Crippen molar-refractivity contribution in [1.29, 1.82) is 0 Å². The number of carbonyl (C=O) groups excluding carboxylic acids is 1. The maximum Gasteiger partial charge on any atom is 0.251 e. The van der Waals surface area contributed by atoms with Crippen LogP contribution in [0.3, 0.4) is 0 Å². The SMILES string of the molecule is O=C(NCc1ccc(N2CCCCC2)cc1)c1ccc(CSc2ccccc2)cc1. The minimum atomic E-state index is -0.0302. The van der Waals surface area contributed by atoms with E-state index in [2.05, 4.69) is 58.7 Å². The summed E-state index contributed by atoms with van der Waals surface area (Å²) in [6.45, 7) is 2.84. The lowest BCUT2D eigenvalue weighted by Gasteiger charge is -2.28. The van der Waals surface area contributed by atoms with Crippen LogP contribution in [0.4, 0.5) is 5.69 Å². The maximum atomic E-state index is 12.5. The summed E-state index contributed by atoms with van der Waals surface area (Å²) >= 11 is 1.80. The first-order valence-corrected chi connectivity index (χ1v) is 11.7. The normalized spacial score (nSPS) is 13.8. The van der Waals surface area contributed by atoms with Gasteiger partial charge in [0.1, 0.15) is 0 Å². The molecule has 0 atom stereocenters. The molecule has 4 rings (SSSR count). The molecule has 1 aliphatic heterocycles. The van der Waals surface area contributed by atoms with Crippen LogP contribution in [0.1, 0.15) is 40.7 Å². The monoisotopic (exact) mass is 416 g/mol. The van der Waals surface area contributed by atoms with Gasteiger partial charge in [0.25, 0.3) is 5.91 Å². The third kappa shape index (κ3) is 5.67. The number of benzene rings is 3. The molecular formula is C26H28N2OS. The molecule has 1 fully saturated rings. The Morgan fingerprint density at radius 1 is 0.800 bits per heavy atom. The summed E-state index contributed by atoms with van der Waals surface area (Å²) < 4.78 is 0. The number of thioether (sulfide) groups is 1. The van der Waals surface area contributed by atoms with Crippen molar-refractivity contribution in [2.45, 2.75) is 36.5 Å². The highest BCUT2D eigenvalue weighted by atomic mass is 32.2. The minimum absolute atomic E-state index is 0.0302. The van der Waals surface area contributed by atoms with E-state index in [0.29, 0.717) is 12.1 Å². The molecule has 1 heterocycles. The topological polar surface area (TPSA) is 32.3 Å². The van der Waals surface area contributed by atoms with E-state index in [1.54, 1.807) is 11.8 Å². The summed E-state index contributed by atoms with van der Waals surface area (Å²) in [4.78, 5) is 16.2. The lowest BCUT2D eigenvalue weighted by Crippen LogP contribution is -2.29. The third-order valence-corrected chi connectivity index (χ3v) is 6.56. The Kier molecular flexibility index (Phi) is 7.09.